The normalized spacial score (nSPS) is 13.5. The van der Waals surface area contributed by atoms with Crippen LogP contribution in [0.4, 0.5) is 0 Å². The molecule has 1 aromatic heterocycles. The van der Waals surface area contributed by atoms with E-state index in [-0.39, 0.29) is 10.7 Å². The number of halogens is 1. The van der Waals surface area contributed by atoms with E-state index in [0.29, 0.717) is 5.02 Å². The zero-order chi connectivity index (χ0) is 13.3. The van der Waals surface area contributed by atoms with Gasteiger partial charge < -0.3 is 0 Å². The minimum atomic E-state index is -3.55. The molecule has 0 fully saturated rings. The molecule has 1 atom stereocenters. The van der Waals surface area contributed by atoms with E-state index in [4.69, 9.17) is 11.6 Å². The highest BCUT2D eigenvalue weighted by molar-refractivity contribution is 7.91. The molecule has 0 aliphatic carbocycles. The third kappa shape index (κ3) is 2.23. The van der Waals surface area contributed by atoms with Gasteiger partial charge in [0.2, 0.25) is 0 Å². The third-order valence-corrected chi connectivity index (χ3v) is 4.89. The summed E-state index contributed by atoms with van der Waals surface area (Å²) in [6, 6.07) is 6.13. The van der Waals surface area contributed by atoms with Crippen molar-refractivity contribution in [2.24, 2.45) is 7.05 Å². The second-order valence-electron chi connectivity index (χ2n) is 3.81. The van der Waals surface area contributed by atoms with Crippen LogP contribution in [-0.2, 0) is 16.9 Å². The first kappa shape index (κ1) is 13.0. The first-order valence-electron chi connectivity index (χ1n) is 5.14. The topological polar surface area (TPSA) is 77.7 Å². The van der Waals surface area contributed by atoms with Crippen molar-refractivity contribution in [2.45, 2.75) is 17.1 Å². The van der Waals surface area contributed by atoms with Crippen molar-refractivity contribution >= 4 is 21.4 Å². The molecule has 1 aromatic carbocycles. The fourth-order valence-electron chi connectivity index (χ4n) is 1.57. The van der Waals surface area contributed by atoms with Gasteiger partial charge in [0.05, 0.1) is 4.90 Å². The number of nitrogens with zero attached hydrogens (tertiary/aromatic N) is 4. The molecule has 0 bridgehead atoms. The molecule has 0 saturated heterocycles. The Hall–Kier alpha value is -1.47. The molecule has 8 heteroatoms. The van der Waals surface area contributed by atoms with Crippen LogP contribution in [-0.4, -0.2) is 28.6 Å². The first-order chi connectivity index (χ1) is 8.43. The molecular formula is C10H11ClN4O2S. The smallest absolute Gasteiger partial charge is 0.188 e. The van der Waals surface area contributed by atoms with Crippen molar-refractivity contribution in [1.82, 2.24) is 20.2 Å². The van der Waals surface area contributed by atoms with Gasteiger partial charge in [-0.3, -0.25) is 0 Å². The standard InChI is InChI=1S/C10H11ClN4O2S/c1-7(10-12-13-14-15(10)2)18(16,17)9-5-3-4-8(11)6-9/h3-7H,1-2H3. The zero-order valence-electron chi connectivity index (χ0n) is 9.78. The van der Waals surface area contributed by atoms with Crippen molar-refractivity contribution in [3.63, 3.8) is 0 Å². The molecule has 18 heavy (non-hydrogen) atoms. The van der Waals surface area contributed by atoms with Crippen LogP contribution in [0.1, 0.15) is 18.0 Å². The summed E-state index contributed by atoms with van der Waals surface area (Å²) in [5, 5.41) is 10.3. The van der Waals surface area contributed by atoms with Crippen molar-refractivity contribution in [2.75, 3.05) is 0 Å². The van der Waals surface area contributed by atoms with E-state index < -0.39 is 15.1 Å². The lowest BCUT2D eigenvalue weighted by Crippen LogP contribution is -2.15. The fourth-order valence-corrected chi connectivity index (χ4v) is 3.27. The molecule has 0 aliphatic heterocycles. The molecule has 2 aromatic rings. The fraction of sp³-hybridized carbons (Fsp3) is 0.300. The van der Waals surface area contributed by atoms with Gasteiger partial charge in [0.1, 0.15) is 5.25 Å². The van der Waals surface area contributed by atoms with E-state index in [1.165, 1.54) is 16.8 Å². The quantitative estimate of drug-likeness (QED) is 0.852. The summed E-state index contributed by atoms with van der Waals surface area (Å²) in [6.45, 7) is 1.54. The van der Waals surface area contributed by atoms with Gasteiger partial charge in [-0.1, -0.05) is 17.7 Å². The van der Waals surface area contributed by atoms with Gasteiger partial charge in [-0.25, -0.2) is 13.1 Å². The highest BCUT2D eigenvalue weighted by Gasteiger charge is 2.29. The maximum absolute atomic E-state index is 12.4. The summed E-state index contributed by atoms with van der Waals surface area (Å²) < 4.78 is 26.1. The van der Waals surface area contributed by atoms with Crippen LogP contribution >= 0.6 is 11.6 Å². The maximum atomic E-state index is 12.4. The molecule has 0 spiro atoms. The van der Waals surface area contributed by atoms with E-state index in [1.54, 1.807) is 26.1 Å². The summed E-state index contributed by atoms with van der Waals surface area (Å²) in [7, 11) is -1.96. The van der Waals surface area contributed by atoms with Gasteiger partial charge in [-0.05, 0) is 35.5 Å². The Morgan fingerprint density at radius 2 is 2.11 bits per heavy atom. The Bertz CT molecular complexity index is 668. The number of hydrogen-bond donors (Lipinski definition) is 0. The lowest BCUT2D eigenvalue weighted by atomic mass is 10.4. The Balaban J connectivity index is 2.47. The Labute approximate surface area is 109 Å². The molecule has 96 valence electrons. The summed E-state index contributed by atoms with van der Waals surface area (Å²) in [5.74, 6) is 0.287. The zero-order valence-corrected chi connectivity index (χ0v) is 11.4. The largest absolute Gasteiger partial charge is 0.231 e. The molecule has 2 rings (SSSR count). The lowest BCUT2D eigenvalue weighted by molar-refractivity contribution is 0.576. The average molecular weight is 287 g/mol. The lowest BCUT2D eigenvalue weighted by Gasteiger charge is -2.11. The number of hydrogen-bond acceptors (Lipinski definition) is 5. The van der Waals surface area contributed by atoms with Crippen LogP contribution in [0.3, 0.4) is 0 Å². The van der Waals surface area contributed by atoms with E-state index >= 15 is 0 Å². The molecular weight excluding hydrogens is 276 g/mol. The predicted octanol–water partition coefficient (Wildman–Crippen LogP) is 1.40. The van der Waals surface area contributed by atoms with Gasteiger partial charge in [-0.2, -0.15) is 0 Å². The monoisotopic (exact) mass is 286 g/mol. The maximum Gasteiger partial charge on any atom is 0.188 e. The molecule has 1 unspecified atom stereocenters. The molecule has 6 nitrogen and oxygen atoms in total. The van der Waals surface area contributed by atoms with Crippen LogP contribution in [0.2, 0.25) is 5.02 Å². The number of sulfone groups is 1. The van der Waals surface area contributed by atoms with Crippen molar-refractivity contribution in [1.29, 1.82) is 0 Å². The number of aromatic nitrogens is 4. The van der Waals surface area contributed by atoms with E-state index in [1.807, 2.05) is 0 Å². The van der Waals surface area contributed by atoms with Gasteiger partial charge in [0.25, 0.3) is 0 Å². The second kappa shape index (κ2) is 4.66. The molecule has 0 aliphatic rings. The SMILES string of the molecule is CC(c1nnnn1C)S(=O)(=O)c1cccc(Cl)c1. The van der Waals surface area contributed by atoms with Crippen molar-refractivity contribution in [3.05, 3.63) is 35.1 Å². The second-order valence-corrected chi connectivity index (χ2v) is 6.51. The Morgan fingerprint density at radius 3 is 2.67 bits per heavy atom. The summed E-state index contributed by atoms with van der Waals surface area (Å²) >= 11 is 5.80. The molecule has 1 heterocycles. The van der Waals surface area contributed by atoms with E-state index in [9.17, 15) is 8.42 Å². The highest BCUT2D eigenvalue weighted by Crippen LogP contribution is 2.27. The van der Waals surface area contributed by atoms with Crippen molar-refractivity contribution in [3.8, 4) is 0 Å². The Kier molecular flexibility index (Phi) is 3.36. The minimum absolute atomic E-state index is 0.158. The van der Waals surface area contributed by atoms with Gasteiger partial charge in [-0.15, -0.1) is 5.10 Å². The summed E-state index contributed by atoms with van der Waals surface area (Å²) in [4.78, 5) is 0.158. The van der Waals surface area contributed by atoms with Crippen molar-refractivity contribution < 1.29 is 8.42 Å². The van der Waals surface area contributed by atoms with E-state index in [2.05, 4.69) is 15.5 Å². The number of tetrazole rings is 1. The summed E-state index contributed by atoms with van der Waals surface area (Å²) in [6.07, 6.45) is 0. The number of rotatable bonds is 3. The van der Waals surface area contributed by atoms with Gasteiger partial charge >= 0.3 is 0 Å². The number of benzene rings is 1. The Morgan fingerprint density at radius 1 is 1.39 bits per heavy atom. The van der Waals surface area contributed by atoms with Crippen LogP contribution in [0.15, 0.2) is 29.2 Å². The summed E-state index contributed by atoms with van der Waals surface area (Å²) in [5.41, 5.74) is 0. The van der Waals surface area contributed by atoms with Gasteiger partial charge in [0, 0.05) is 12.1 Å². The van der Waals surface area contributed by atoms with Crippen LogP contribution in [0, 0.1) is 0 Å². The molecule has 0 amide bonds. The minimum Gasteiger partial charge on any atom is -0.231 e. The molecule has 0 N–H and O–H groups in total. The van der Waals surface area contributed by atoms with Crippen LogP contribution < -0.4 is 0 Å². The van der Waals surface area contributed by atoms with Crippen LogP contribution in [0.5, 0.6) is 0 Å². The van der Waals surface area contributed by atoms with E-state index in [0.717, 1.165) is 0 Å². The average Bonchev–Trinajstić information content (AvgIpc) is 2.74. The highest BCUT2D eigenvalue weighted by atomic mass is 35.5. The third-order valence-electron chi connectivity index (χ3n) is 2.61. The van der Waals surface area contributed by atoms with Gasteiger partial charge in [0.15, 0.2) is 15.7 Å². The number of aryl methyl sites for hydroxylation is 1. The predicted molar refractivity (Wildman–Crippen MR) is 65.9 cm³/mol. The molecule has 0 saturated carbocycles. The van der Waals surface area contributed by atoms with Crippen LogP contribution in [0.25, 0.3) is 0 Å². The molecule has 0 radical (unpaired) electrons. The first-order valence-corrected chi connectivity index (χ1v) is 7.07.